The Morgan fingerprint density at radius 1 is 1.24 bits per heavy atom. The molecule has 1 aliphatic carbocycles. The highest BCUT2D eigenvalue weighted by atomic mass is 19.1. The van der Waals surface area contributed by atoms with Crippen molar-refractivity contribution in [2.75, 3.05) is 0 Å². The van der Waals surface area contributed by atoms with Crippen molar-refractivity contribution in [2.24, 2.45) is 5.73 Å². The van der Waals surface area contributed by atoms with Crippen LogP contribution in [0.5, 0.6) is 11.6 Å². The number of pyridine rings is 1. The van der Waals surface area contributed by atoms with E-state index in [0.717, 1.165) is 19.3 Å². The molecule has 0 unspecified atom stereocenters. The normalized spacial score (nSPS) is 16.2. The van der Waals surface area contributed by atoms with E-state index >= 15 is 0 Å². The third kappa shape index (κ3) is 4.33. The number of nitrogens with zero attached hydrogens (tertiary/aromatic N) is 1. The van der Waals surface area contributed by atoms with Crippen molar-refractivity contribution in [1.29, 1.82) is 0 Å². The largest absolute Gasteiger partial charge is 0.439 e. The van der Waals surface area contributed by atoms with E-state index in [2.05, 4.69) is 10.3 Å². The minimum absolute atomic E-state index is 0.146. The van der Waals surface area contributed by atoms with Crippen molar-refractivity contribution in [3.8, 4) is 11.6 Å². The fourth-order valence-electron chi connectivity index (χ4n) is 3.05. The summed E-state index contributed by atoms with van der Waals surface area (Å²) in [5, 5.41) is 2.89. The van der Waals surface area contributed by atoms with Crippen LogP contribution in [0.3, 0.4) is 0 Å². The lowest BCUT2D eigenvalue weighted by molar-refractivity contribution is -0.127. The Morgan fingerprint density at radius 3 is 2.80 bits per heavy atom. The second-order valence-electron chi connectivity index (χ2n) is 6.43. The minimum Gasteiger partial charge on any atom is -0.439 e. The van der Waals surface area contributed by atoms with Gasteiger partial charge in [-0.3, -0.25) is 4.79 Å². The Morgan fingerprint density at radius 2 is 2.04 bits per heavy atom. The van der Waals surface area contributed by atoms with Gasteiger partial charge in [0.15, 0.2) is 0 Å². The quantitative estimate of drug-likeness (QED) is 0.873. The molecule has 1 amide bonds. The van der Waals surface area contributed by atoms with Crippen molar-refractivity contribution < 1.29 is 13.9 Å². The Hall–Kier alpha value is -2.47. The number of hydrogen-bond acceptors (Lipinski definition) is 4. The van der Waals surface area contributed by atoms with Gasteiger partial charge in [-0.1, -0.05) is 31.4 Å². The maximum Gasteiger partial charge on any atom is 0.240 e. The molecule has 1 heterocycles. The van der Waals surface area contributed by atoms with Crippen LogP contribution in [-0.2, 0) is 11.3 Å². The first-order valence-electron chi connectivity index (χ1n) is 8.51. The number of aromatic nitrogens is 1. The molecule has 0 aliphatic heterocycles. The van der Waals surface area contributed by atoms with Crippen molar-refractivity contribution in [3.63, 3.8) is 0 Å². The summed E-state index contributed by atoms with van der Waals surface area (Å²) in [5.74, 6) is 0.162. The van der Waals surface area contributed by atoms with Gasteiger partial charge in [-0.2, -0.15) is 0 Å². The summed E-state index contributed by atoms with van der Waals surface area (Å²) in [4.78, 5) is 16.6. The van der Waals surface area contributed by atoms with Gasteiger partial charge in [0.05, 0.1) is 5.54 Å². The number of benzene rings is 1. The lowest BCUT2D eigenvalue weighted by Gasteiger charge is -2.31. The van der Waals surface area contributed by atoms with Crippen LogP contribution in [-0.4, -0.2) is 16.4 Å². The summed E-state index contributed by atoms with van der Waals surface area (Å²) in [6.45, 7) is 0.260. The van der Waals surface area contributed by atoms with Crippen LogP contribution in [0.25, 0.3) is 0 Å². The highest BCUT2D eigenvalue weighted by molar-refractivity contribution is 5.86. The van der Waals surface area contributed by atoms with Gasteiger partial charge >= 0.3 is 0 Å². The van der Waals surface area contributed by atoms with Crippen LogP contribution < -0.4 is 15.8 Å². The molecule has 6 heteroatoms. The fourth-order valence-corrected chi connectivity index (χ4v) is 3.05. The number of ether oxygens (including phenoxy) is 1. The molecule has 0 radical (unpaired) electrons. The standard InChI is InChI=1S/C19H22FN3O2/c20-15-7-4-8-16(12-15)25-17-14(6-5-11-22-17)13-23-18(24)19(21)9-2-1-3-10-19/h4-8,11-12H,1-3,9-10,13,21H2,(H,23,24). The average Bonchev–Trinajstić information content (AvgIpc) is 2.61. The molecule has 1 aromatic carbocycles. The fraction of sp³-hybridized carbons (Fsp3) is 0.368. The van der Waals surface area contributed by atoms with Gasteiger partial charge in [-0.15, -0.1) is 0 Å². The molecule has 1 aromatic heterocycles. The van der Waals surface area contributed by atoms with Crippen LogP contribution in [0.4, 0.5) is 4.39 Å². The van der Waals surface area contributed by atoms with Crippen LogP contribution in [0.2, 0.25) is 0 Å². The zero-order valence-electron chi connectivity index (χ0n) is 14.0. The SMILES string of the molecule is NC1(C(=O)NCc2cccnc2Oc2cccc(F)c2)CCCCC1. The van der Waals surface area contributed by atoms with E-state index in [0.29, 0.717) is 30.0 Å². The van der Waals surface area contributed by atoms with E-state index < -0.39 is 5.54 Å². The molecule has 5 nitrogen and oxygen atoms in total. The summed E-state index contributed by atoms with van der Waals surface area (Å²) < 4.78 is 19.0. The van der Waals surface area contributed by atoms with Crippen LogP contribution in [0.1, 0.15) is 37.7 Å². The van der Waals surface area contributed by atoms with E-state index in [1.165, 1.54) is 12.1 Å². The first-order chi connectivity index (χ1) is 12.1. The first kappa shape index (κ1) is 17.4. The van der Waals surface area contributed by atoms with E-state index in [1.54, 1.807) is 24.4 Å². The zero-order valence-corrected chi connectivity index (χ0v) is 14.0. The topological polar surface area (TPSA) is 77.2 Å². The molecule has 1 saturated carbocycles. The number of hydrogen-bond donors (Lipinski definition) is 2. The number of rotatable bonds is 5. The molecule has 132 valence electrons. The second kappa shape index (κ2) is 7.61. The van der Waals surface area contributed by atoms with Crippen molar-refractivity contribution in [2.45, 2.75) is 44.2 Å². The summed E-state index contributed by atoms with van der Waals surface area (Å²) >= 11 is 0. The molecule has 1 aliphatic rings. The molecule has 0 atom stereocenters. The van der Waals surface area contributed by atoms with Gasteiger partial charge in [0, 0.05) is 24.4 Å². The average molecular weight is 343 g/mol. The smallest absolute Gasteiger partial charge is 0.240 e. The molecule has 1 fully saturated rings. The highest BCUT2D eigenvalue weighted by Gasteiger charge is 2.35. The van der Waals surface area contributed by atoms with Crippen LogP contribution >= 0.6 is 0 Å². The van der Waals surface area contributed by atoms with Gasteiger partial charge in [-0.25, -0.2) is 9.37 Å². The molecular formula is C19H22FN3O2. The molecule has 2 aromatic rings. The van der Waals surface area contributed by atoms with Crippen LogP contribution in [0, 0.1) is 5.82 Å². The van der Waals surface area contributed by atoms with Gasteiger partial charge < -0.3 is 15.8 Å². The summed E-state index contributed by atoms with van der Waals surface area (Å²) in [7, 11) is 0. The Labute approximate surface area is 146 Å². The number of carbonyl (C=O) groups is 1. The molecule has 3 N–H and O–H groups in total. The van der Waals surface area contributed by atoms with Crippen LogP contribution in [0.15, 0.2) is 42.6 Å². The monoisotopic (exact) mass is 343 g/mol. The third-order valence-corrected chi connectivity index (χ3v) is 4.50. The number of amides is 1. The minimum atomic E-state index is -0.788. The predicted molar refractivity (Wildman–Crippen MR) is 92.6 cm³/mol. The molecule has 3 rings (SSSR count). The lowest BCUT2D eigenvalue weighted by Crippen LogP contribution is -2.54. The molecule has 0 spiro atoms. The van der Waals surface area contributed by atoms with Crippen molar-refractivity contribution in [1.82, 2.24) is 10.3 Å². The number of nitrogens with two attached hydrogens (primary N) is 1. The van der Waals surface area contributed by atoms with E-state index in [-0.39, 0.29) is 18.3 Å². The van der Waals surface area contributed by atoms with Crippen molar-refractivity contribution in [3.05, 3.63) is 54.0 Å². The van der Waals surface area contributed by atoms with Crippen molar-refractivity contribution >= 4 is 5.91 Å². The maximum absolute atomic E-state index is 13.3. The Kier molecular flexibility index (Phi) is 5.28. The molecular weight excluding hydrogens is 321 g/mol. The summed E-state index contributed by atoms with van der Waals surface area (Å²) in [5.41, 5.74) is 6.16. The Bertz CT molecular complexity index is 745. The Balaban J connectivity index is 1.67. The van der Waals surface area contributed by atoms with Gasteiger partial charge in [-0.05, 0) is 31.0 Å². The zero-order chi connectivity index (χ0) is 17.7. The van der Waals surface area contributed by atoms with Gasteiger partial charge in [0.2, 0.25) is 11.8 Å². The first-order valence-corrected chi connectivity index (χ1v) is 8.51. The second-order valence-corrected chi connectivity index (χ2v) is 6.43. The molecule has 0 bridgehead atoms. The number of halogens is 1. The van der Waals surface area contributed by atoms with Gasteiger partial charge in [0.1, 0.15) is 11.6 Å². The summed E-state index contributed by atoms with van der Waals surface area (Å²) in [6.07, 6.45) is 6.08. The predicted octanol–water partition coefficient (Wildman–Crippen LogP) is 3.29. The third-order valence-electron chi connectivity index (χ3n) is 4.50. The highest BCUT2D eigenvalue weighted by Crippen LogP contribution is 2.27. The number of carbonyl (C=O) groups excluding carboxylic acids is 1. The van der Waals surface area contributed by atoms with Gasteiger partial charge in [0.25, 0.3) is 0 Å². The lowest BCUT2D eigenvalue weighted by atomic mass is 9.82. The molecule has 25 heavy (non-hydrogen) atoms. The summed E-state index contributed by atoms with van der Waals surface area (Å²) in [6, 6.07) is 9.42. The van der Waals surface area contributed by atoms with E-state index in [4.69, 9.17) is 10.5 Å². The molecule has 0 saturated heterocycles. The maximum atomic E-state index is 13.3. The number of nitrogens with one attached hydrogen (secondary N) is 1. The van der Waals surface area contributed by atoms with E-state index in [1.807, 2.05) is 6.07 Å². The van der Waals surface area contributed by atoms with E-state index in [9.17, 15) is 9.18 Å².